The largest absolute Gasteiger partial charge is 0.416 e. The molecule has 0 atom stereocenters. The van der Waals surface area contributed by atoms with Crippen molar-refractivity contribution in [2.75, 3.05) is 19.8 Å². The molecule has 0 aliphatic heterocycles. The summed E-state index contributed by atoms with van der Waals surface area (Å²) in [5.41, 5.74) is -0.0228. The number of aliphatic hydroxyl groups is 1. The molecule has 0 unspecified atom stereocenters. The van der Waals surface area contributed by atoms with Gasteiger partial charge in [0.15, 0.2) is 16.6 Å². The standard InChI is InChI=1S/C12H26O2Si.C12H24O2Si/c2*1-11(2,3)15(4,5)14-10-12(9-13)7-6-8-12/h13H,6-10H2,1-5H3;9H,6-8,10H2,1-5H3. The summed E-state index contributed by atoms with van der Waals surface area (Å²) in [5.74, 6) is 0. The van der Waals surface area contributed by atoms with E-state index in [1.807, 2.05) is 0 Å². The number of hydrogen-bond donors (Lipinski definition) is 1. The Bertz CT molecular complexity index is 545. The van der Waals surface area contributed by atoms with Gasteiger partial charge >= 0.3 is 0 Å². The molecule has 0 amide bonds. The molecule has 30 heavy (non-hydrogen) atoms. The van der Waals surface area contributed by atoms with Gasteiger partial charge in [0.05, 0.1) is 6.61 Å². The molecule has 0 bridgehead atoms. The van der Waals surface area contributed by atoms with Gasteiger partial charge in [0.1, 0.15) is 6.29 Å². The van der Waals surface area contributed by atoms with E-state index < -0.39 is 16.6 Å². The summed E-state index contributed by atoms with van der Waals surface area (Å²) in [4.78, 5) is 11.0. The van der Waals surface area contributed by atoms with Crippen LogP contribution in [0.3, 0.4) is 0 Å². The molecule has 0 spiro atoms. The van der Waals surface area contributed by atoms with Gasteiger partial charge in [-0.05, 0) is 61.9 Å². The lowest BCUT2D eigenvalue weighted by molar-refractivity contribution is -0.123. The minimum atomic E-state index is -1.67. The zero-order valence-electron chi connectivity index (χ0n) is 21.6. The van der Waals surface area contributed by atoms with Crippen molar-refractivity contribution < 1.29 is 18.8 Å². The van der Waals surface area contributed by atoms with Crippen LogP contribution in [0.25, 0.3) is 0 Å². The zero-order chi connectivity index (χ0) is 23.5. The Kier molecular flexibility index (Phi) is 9.21. The van der Waals surface area contributed by atoms with E-state index in [2.05, 4.69) is 67.7 Å². The van der Waals surface area contributed by atoms with Crippen LogP contribution in [0, 0.1) is 10.8 Å². The van der Waals surface area contributed by atoms with Crippen molar-refractivity contribution >= 4 is 22.9 Å². The molecule has 2 rings (SSSR count). The van der Waals surface area contributed by atoms with E-state index >= 15 is 0 Å². The molecule has 0 aromatic heterocycles. The maximum absolute atomic E-state index is 11.0. The first kappa shape index (κ1) is 28.0. The quantitative estimate of drug-likeness (QED) is 0.331. The second-order valence-corrected chi connectivity index (χ2v) is 22.6. The SMILES string of the molecule is CC(C)(C)[Si](C)(C)OCC1(C=O)CCC1.CC(C)(C)[Si](C)(C)OCC1(CO)CCC1. The molecule has 0 aromatic carbocycles. The summed E-state index contributed by atoms with van der Waals surface area (Å²) in [6.45, 7) is 24.2. The van der Waals surface area contributed by atoms with Crippen LogP contribution < -0.4 is 0 Å². The highest BCUT2D eigenvalue weighted by Gasteiger charge is 2.43. The van der Waals surface area contributed by atoms with Gasteiger partial charge in [0, 0.05) is 24.0 Å². The molecule has 2 fully saturated rings. The minimum absolute atomic E-state index is 0.107. The summed E-state index contributed by atoms with van der Waals surface area (Å²) in [5, 5.41) is 9.88. The lowest BCUT2D eigenvalue weighted by Crippen LogP contribution is -2.47. The van der Waals surface area contributed by atoms with Crippen molar-refractivity contribution in [1.82, 2.24) is 0 Å². The average molecular weight is 459 g/mol. The summed E-state index contributed by atoms with van der Waals surface area (Å²) in [6, 6.07) is 0. The molecular weight excluding hydrogens is 408 g/mol. The van der Waals surface area contributed by atoms with E-state index in [4.69, 9.17) is 8.85 Å². The van der Waals surface area contributed by atoms with Crippen LogP contribution in [-0.2, 0) is 13.6 Å². The predicted molar refractivity (Wildman–Crippen MR) is 132 cm³/mol. The first-order chi connectivity index (χ1) is 13.4. The Hall–Kier alpha value is -0.0162. The van der Waals surface area contributed by atoms with Crippen molar-refractivity contribution in [2.24, 2.45) is 10.8 Å². The van der Waals surface area contributed by atoms with Gasteiger partial charge in [0.25, 0.3) is 0 Å². The Labute approximate surface area is 188 Å². The first-order valence-corrected chi connectivity index (χ1v) is 17.6. The highest BCUT2D eigenvalue weighted by molar-refractivity contribution is 6.74. The van der Waals surface area contributed by atoms with Gasteiger partial charge in [-0.25, -0.2) is 0 Å². The summed E-state index contributed by atoms with van der Waals surface area (Å²) < 4.78 is 12.3. The summed E-state index contributed by atoms with van der Waals surface area (Å²) >= 11 is 0. The fraction of sp³-hybridized carbons (Fsp3) is 0.958. The topological polar surface area (TPSA) is 55.8 Å². The molecule has 0 saturated heterocycles. The molecule has 0 radical (unpaired) electrons. The molecule has 2 aliphatic rings. The smallest absolute Gasteiger partial charge is 0.192 e. The van der Waals surface area contributed by atoms with Crippen LogP contribution >= 0.6 is 0 Å². The lowest BCUT2D eigenvalue weighted by atomic mass is 9.70. The molecule has 0 heterocycles. The Morgan fingerprint density at radius 1 is 0.800 bits per heavy atom. The van der Waals surface area contributed by atoms with Gasteiger partial charge in [0.2, 0.25) is 0 Å². The van der Waals surface area contributed by atoms with E-state index in [1.165, 1.54) is 12.8 Å². The number of aliphatic hydroxyl groups excluding tert-OH is 1. The lowest BCUT2D eigenvalue weighted by Gasteiger charge is -2.44. The maximum Gasteiger partial charge on any atom is 0.192 e. The molecule has 0 aromatic rings. The third-order valence-corrected chi connectivity index (χ3v) is 17.4. The van der Waals surface area contributed by atoms with E-state index in [0.717, 1.165) is 38.6 Å². The Morgan fingerprint density at radius 3 is 1.43 bits per heavy atom. The van der Waals surface area contributed by atoms with Gasteiger partial charge in [-0.3, -0.25) is 0 Å². The first-order valence-electron chi connectivity index (χ1n) is 11.8. The van der Waals surface area contributed by atoms with Crippen molar-refractivity contribution in [3.8, 4) is 0 Å². The van der Waals surface area contributed by atoms with E-state index in [0.29, 0.717) is 13.2 Å². The number of rotatable bonds is 8. The van der Waals surface area contributed by atoms with Gasteiger partial charge in [-0.2, -0.15) is 0 Å². The fourth-order valence-corrected chi connectivity index (χ4v) is 5.22. The van der Waals surface area contributed by atoms with E-state index in [9.17, 15) is 9.90 Å². The van der Waals surface area contributed by atoms with Crippen molar-refractivity contribution in [1.29, 1.82) is 0 Å². The van der Waals surface area contributed by atoms with E-state index in [-0.39, 0.29) is 20.9 Å². The van der Waals surface area contributed by atoms with Crippen LogP contribution in [0.4, 0.5) is 0 Å². The van der Waals surface area contributed by atoms with Crippen LogP contribution in [0.15, 0.2) is 0 Å². The van der Waals surface area contributed by atoms with Gasteiger partial charge in [-0.1, -0.05) is 54.4 Å². The fourth-order valence-electron chi connectivity index (χ4n) is 3.04. The van der Waals surface area contributed by atoms with Crippen molar-refractivity contribution in [3.05, 3.63) is 0 Å². The Morgan fingerprint density at radius 2 is 1.20 bits per heavy atom. The molecule has 2 saturated carbocycles. The van der Waals surface area contributed by atoms with Gasteiger partial charge < -0.3 is 18.8 Å². The Balaban J connectivity index is 0.000000300. The maximum atomic E-state index is 11.0. The van der Waals surface area contributed by atoms with Gasteiger partial charge in [-0.15, -0.1) is 0 Å². The number of carbonyl (C=O) groups is 1. The molecule has 6 heteroatoms. The van der Waals surface area contributed by atoms with Crippen LogP contribution in [0.5, 0.6) is 0 Å². The van der Waals surface area contributed by atoms with Crippen LogP contribution in [0.2, 0.25) is 36.3 Å². The highest BCUT2D eigenvalue weighted by atomic mass is 28.4. The van der Waals surface area contributed by atoms with E-state index in [1.54, 1.807) is 0 Å². The highest BCUT2D eigenvalue weighted by Crippen LogP contribution is 2.44. The zero-order valence-corrected chi connectivity index (χ0v) is 23.6. The number of hydrogen-bond acceptors (Lipinski definition) is 4. The predicted octanol–water partition coefficient (Wildman–Crippen LogP) is 6.55. The molecule has 178 valence electrons. The van der Waals surface area contributed by atoms with Crippen molar-refractivity contribution in [3.63, 3.8) is 0 Å². The number of aldehydes is 1. The minimum Gasteiger partial charge on any atom is -0.416 e. The van der Waals surface area contributed by atoms with Crippen molar-refractivity contribution in [2.45, 2.75) is 116 Å². The molecule has 2 aliphatic carbocycles. The number of carbonyl (C=O) groups excluding carboxylic acids is 1. The monoisotopic (exact) mass is 458 g/mol. The third kappa shape index (κ3) is 6.99. The van der Waals surface area contributed by atoms with Crippen LogP contribution in [-0.4, -0.2) is 47.8 Å². The molecular formula is C24H50O4Si2. The normalized spacial score (nSPS) is 21.0. The molecule has 1 N–H and O–H groups in total. The summed E-state index contributed by atoms with van der Waals surface area (Å²) in [6.07, 6.45) is 7.86. The summed E-state index contributed by atoms with van der Waals surface area (Å²) in [7, 11) is -3.30. The molecule has 4 nitrogen and oxygen atoms in total. The second kappa shape index (κ2) is 9.86. The second-order valence-electron chi connectivity index (χ2n) is 12.9. The van der Waals surface area contributed by atoms with Crippen LogP contribution in [0.1, 0.15) is 80.1 Å². The third-order valence-electron chi connectivity index (χ3n) is 8.42. The average Bonchev–Trinajstić information content (AvgIpc) is 2.52.